The molecule has 0 spiro atoms. The molecule has 18 heavy (non-hydrogen) atoms. The summed E-state index contributed by atoms with van der Waals surface area (Å²) >= 11 is 0. The highest BCUT2D eigenvalue weighted by molar-refractivity contribution is 6.01. The molecule has 2 amide bonds. The molecule has 0 saturated heterocycles. The number of rotatable bonds is 1. The van der Waals surface area contributed by atoms with Crippen molar-refractivity contribution in [2.45, 2.75) is 27.3 Å². The Balaban J connectivity index is 2.37. The van der Waals surface area contributed by atoms with Gasteiger partial charge in [0.2, 0.25) is 0 Å². The predicted octanol–water partition coefficient (Wildman–Crippen LogP) is 2.89. The van der Waals surface area contributed by atoms with E-state index >= 15 is 0 Å². The van der Waals surface area contributed by atoms with Crippen LogP contribution in [-0.2, 0) is 6.54 Å². The minimum absolute atomic E-state index is 0.114. The molecule has 1 aliphatic rings. The lowest BCUT2D eigenvalue weighted by Gasteiger charge is -2.26. The van der Waals surface area contributed by atoms with Crippen molar-refractivity contribution in [3.8, 4) is 0 Å². The van der Waals surface area contributed by atoms with E-state index in [1.807, 2.05) is 26.8 Å². The van der Waals surface area contributed by atoms with E-state index in [9.17, 15) is 9.59 Å². The SMILES string of the molecule is CN1Cc2cc(C(=O)C(C)(C)C)ccc2NC1=O. The summed E-state index contributed by atoms with van der Waals surface area (Å²) in [6, 6.07) is 5.34. The second-order valence-corrected chi connectivity index (χ2v) is 5.74. The second kappa shape index (κ2) is 4.12. The van der Waals surface area contributed by atoms with Crippen molar-refractivity contribution in [2.75, 3.05) is 12.4 Å². The maximum Gasteiger partial charge on any atom is 0.321 e. The Bertz CT molecular complexity index is 515. The van der Waals surface area contributed by atoms with E-state index in [0.29, 0.717) is 12.1 Å². The molecule has 4 heteroatoms. The second-order valence-electron chi connectivity index (χ2n) is 5.74. The first-order valence-corrected chi connectivity index (χ1v) is 5.99. The van der Waals surface area contributed by atoms with Gasteiger partial charge in [-0.15, -0.1) is 0 Å². The Morgan fingerprint density at radius 1 is 1.33 bits per heavy atom. The summed E-state index contributed by atoms with van der Waals surface area (Å²) in [6.45, 7) is 6.25. The minimum atomic E-state index is -0.391. The Labute approximate surface area is 107 Å². The molecule has 0 aliphatic carbocycles. The van der Waals surface area contributed by atoms with E-state index in [1.54, 1.807) is 24.1 Å². The van der Waals surface area contributed by atoms with Gasteiger partial charge in [0.25, 0.3) is 0 Å². The summed E-state index contributed by atoms with van der Waals surface area (Å²) in [5.41, 5.74) is 2.08. The number of nitrogens with one attached hydrogen (secondary N) is 1. The fourth-order valence-corrected chi connectivity index (χ4v) is 1.96. The molecule has 0 fully saturated rings. The van der Waals surface area contributed by atoms with Crippen molar-refractivity contribution in [1.82, 2.24) is 4.90 Å². The normalized spacial score (nSPS) is 15.1. The molecule has 0 saturated carbocycles. The van der Waals surface area contributed by atoms with Crippen molar-refractivity contribution in [2.24, 2.45) is 5.41 Å². The van der Waals surface area contributed by atoms with Crippen LogP contribution in [0, 0.1) is 5.41 Å². The molecule has 0 aromatic heterocycles. The number of Topliss-reactive ketones (excluding diaryl/α,β-unsaturated/α-hetero) is 1. The van der Waals surface area contributed by atoms with Crippen LogP contribution in [-0.4, -0.2) is 23.8 Å². The van der Waals surface area contributed by atoms with Crippen LogP contribution >= 0.6 is 0 Å². The molecule has 1 aromatic rings. The molecule has 1 heterocycles. The highest BCUT2D eigenvalue weighted by Gasteiger charge is 2.25. The number of amides is 2. The summed E-state index contributed by atoms with van der Waals surface area (Å²) in [5, 5.41) is 2.79. The van der Waals surface area contributed by atoms with Crippen molar-refractivity contribution < 1.29 is 9.59 Å². The van der Waals surface area contributed by atoms with Gasteiger partial charge in [0.1, 0.15) is 0 Å². The van der Waals surface area contributed by atoms with Gasteiger partial charge in [-0.2, -0.15) is 0 Å². The average Bonchev–Trinajstić information content (AvgIpc) is 2.28. The van der Waals surface area contributed by atoms with Crippen molar-refractivity contribution in [3.05, 3.63) is 29.3 Å². The number of hydrogen-bond acceptors (Lipinski definition) is 2. The van der Waals surface area contributed by atoms with E-state index in [2.05, 4.69) is 5.32 Å². The van der Waals surface area contributed by atoms with Gasteiger partial charge in [-0.3, -0.25) is 4.79 Å². The third kappa shape index (κ3) is 2.23. The highest BCUT2D eigenvalue weighted by Crippen LogP contribution is 2.27. The molecule has 1 aromatic carbocycles. The summed E-state index contributed by atoms with van der Waals surface area (Å²) < 4.78 is 0. The highest BCUT2D eigenvalue weighted by atomic mass is 16.2. The Kier molecular flexibility index (Phi) is 2.89. The number of fused-ring (bicyclic) bond motifs is 1. The summed E-state index contributed by atoms with van der Waals surface area (Å²) in [5.74, 6) is 0.116. The zero-order valence-electron chi connectivity index (χ0n) is 11.2. The quantitative estimate of drug-likeness (QED) is 0.774. The number of carbonyl (C=O) groups is 2. The van der Waals surface area contributed by atoms with Crippen LogP contribution in [0.3, 0.4) is 0 Å². The summed E-state index contributed by atoms with van der Waals surface area (Å²) in [4.78, 5) is 25.3. The Morgan fingerprint density at radius 2 is 2.00 bits per heavy atom. The zero-order chi connectivity index (χ0) is 13.5. The lowest BCUT2D eigenvalue weighted by Crippen LogP contribution is -2.35. The van der Waals surface area contributed by atoms with Crippen molar-refractivity contribution in [3.63, 3.8) is 0 Å². The number of hydrogen-bond donors (Lipinski definition) is 1. The fraction of sp³-hybridized carbons (Fsp3) is 0.429. The zero-order valence-corrected chi connectivity index (χ0v) is 11.2. The van der Waals surface area contributed by atoms with E-state index in [0.717, 1.165) is 11.3 Å². The van der Waals surface area contributed by atoms with Crippen LogP contribution in [0.4, 0.5) is 10.5 Å². The molecule has 96 valence electrons. The number of anilines is 1. The number of nitrogens with zero attached hydrogens (tertiary/aromatic N) is 1. The van der Waals surface area contributed by atoms with E-state index in [1.165, 1.54) is 0 Å². The molecule has 0 bridgehead atoms. The predicted molar refractivity (Wildman–Crippen MR) is 70.7 cm³/mol. The van der Waals surface area contributed by atoms with Crippen molar-refractivity contribution in [1.29, 1.82) is 0 Å². The van der Waals surface area contributed by atoms with Gasteiger partial charge in [-0.25, -0.2) is 4.79 Å². The van der Waals surface area contributed by atoms with Crippen LogP contribution < -0.4 is 5.32 Å². The molecule has 2 rings (SSSR count). The maximum absolute atomic E-state index is 12.2. The summed E-state index contributed by atoms with van der Waals surface area (Å²) in [6.07, 6.45) is 0. The third-order valence-corrected chi connectivity index (χ3v) is 3.04. The molecule has 0 atom stereocenters. The monoisotopic (exact) mass is 246 g/mol. The standard InChI is InChI=1S/C14H18N2O2/c1-14(2,3)12(17)9-5-6-11-10(7-9)8-16(4)13(18)15-11/h5-7H,8H2,1-4H3,(H,15,18). The van der Waals surface area contributed by atoms with Crippen LogP contribution in [0.5, 0.6) is 0 Å². The molecule has 0 unspecified atom stereocenters. The number of ketones is 1. The molecule has 4 nitrogen and oxygen atoms in total. The first-order valence-electron chi connectivity index (χ1n) is 5.99. The topological polar surface area (TPSA) is 49.4 Å². The smallest absolute Gasteiger partial charge is 0.321 e. The van der Waals surface area contributed by atoms with Gasteiger partial charge in [-0.1, -0.05) is 20.8 Å². The number of benzene rings is 1. The number of urea groups is 1. The first kappa shape index (κ1) is 12.6. The van der Waals surface area contributed by atoms with Gasteiger partial charge >= 0.3 is 6.03 Å². The molecular weight excluding hydrogens is 228 g/mol. The maximum atomic E-state index is 12.2. The van der Waals surface area contributed by atoms with E-state index in [-0.39, 0.29) is 11.8 Å². The number of carbonyl (C=O) groups excluding carboxylic acids is 2. The van der Waals surface area contributed by atoms with Crippen LogP contribution in [0.15, 0.2) is 18.2 Å². The lowest BCUT2D eigenvalue weighted by atomic mass is 9.86. The molecule has 1 N–H and O–H groups in total. The van der Waals surface area contributed by atoms with E-state index in [4.69, 9.17) is 0 Å². The summed E-state index contributed by atoms with van der Waals surface area (Å²) in [7, 11) is 1.73. The third-order valence-electron chi connectivity index (χ3n) is 3.04. The van der Waals surface area contributed by atoms with Crippen LogP contribution in [0.2, 0.25) is 0 Å². The largest absolute Gasteiger partial charge is 0.323 e. The van der Waals surface area contributed by atoms with E-state index < -0.39 is 5.41 Å². The molecule has 1 aliphatic heterocycles. The van der Waals surface area contributed by atoms with Gasteiger partial charge in [0, 0.05) is 30.3 Å². The van der Waals surface area contributed by atoms with Gasteiger partial charge in [-0.05, 0) is 23.8 Å². The van der Waals surface area contributed by atoms with Gasteiger partial charge in [0.05, 0.1) is 0 Å². The van der Waals surface area contributed by atoms with Crippen LogP contribution in [0.25, 0.3) is 0 Å². The molecular formula is C14H18N2O2. The molecule has 0 radical (unpaired) electrons. The van der Waals surface area contributed by atoms with Gasteiger partial charge in [0.15, 0.2) is 5.78 Å². The van der Waals surface area contributed by atoms with Crippen LogP contribution in [0.1, 0.15) is 36.7 Å². The Hall–Kier alpha value is -1.84. The Morgan fingerprint density at radius 3 is 2.61 bits per heavy atom. The van der Waals surface area contributed by atoms with Gasteiger partial charge < -0.3 is 10.2 Å². The first-order chi connectivity index (χ1) is 8.29. The van der Waals surface area contributed by atoms with Crippen molar-refractivity contribution >= 4 is 17.5 Å². The average molecular weight is 246 g/mol. The fourth-order valence-electron chi connectivity index (χ4n) is 1.96. The lowest BCUT2D eigenvalue weighted by molar-refractivity contribution is 0.0858. The minimum Gasteiger partial charge on any atom is -0.323 e.